The molecule has 0 fully saturated rings. The number of ether oxygens (including phenoxy) is 1. The second kappa shape index (κ2) is 6.35. The molecule has 21 heavy (non-hydrogen) atoms. The maximum Gasteiger partial charge on any atom is 0.146 e. The van der Waals surface area contributed by atoms with E-state index < -0.39 is 0 Å². The first kappa shape index (κ1) is 15.6. The van der Waals surface area contributed by atoms with Crippen LogP contribution in [-0.4, -0.2) is 7.05 Å². The molecule has 0 radical (unpaired) electrons. The third-order valence-corrected chi connectivity index (χ3v) is 3.47. The van der Waals surface area contributed by atoms with E-state index in [0.29, 0.717) is 6.61 Å². The predicted molar refractivity (Wildman–Crippen MR) is 85.7 cm³/mol. The number of para-hydroxylation sites is 1. The van der Waals surface area contributed by atoms with E-state index in [4.69, 9.17) is 9.15 Å². The van der Waals surface area contributed by atoms with Crippen LogP contribution >= 0.6 is 0 Å². The number of benzene rings is 1. The molecule has 3 heteroatoms. The molecule has 1 N–H and O–H groups in total. The number of rotatable bonds is 5. The van der Waals surface area contributed by atoms with E-state index >= 15 is 0 Å². The first-order valence-electron chi connectivity index (χ1n) is 7.37. The van der Waals surface area contributed by atoms with Crippen molar-refractivity contribution in [2.75, 3.05) is 7.05 Å². The van der Waals surface area contributed by atoms with Gasteiger partial charge in [-0.1, -0.05) is 39.0 Å². The Morgan fingerprint density at radius 2 is 1.90 bits per heavy atom. The smallest absolute Gasteiger partial charge is 0.146 e. The SMILES string of the molecule is CNCc1oc(COc2ccccc2C(C)(C)C)cc1C. The summed E-state index contributed by atoms with van der Waals surface area (Å²) in [5.74, 6) is 2.76. The molecule has 2 aromatic rings. The van der Waals surface area contributed by atoms with E-state index in [-0.39, 0.29) is 5.41 Å². The van der Waals surface area contributed by atoms with Gasteiger partial charge in [0.1, 0.15) is 23.9 Å². The van der Waals surface area contributed by atoms with Gasteiger partial charge >= 0.3 is 0 Å². The minimum absolute atomic E-state index is 0.0625. The Morgan fingerprint density at radius 3 is 2.57 bits per heavy atom. The van der Waals surface area contributed by atoms with E-state index in [9.17, 15) is 0 Å². The summed E-state index contributed by atoms with van der Waals surface area (Å²) in [4.78, 5) is 0. The van der Waals surface area contributed by atoms with Crippen LogP contribution in [0.2, 0.25) is 0 Å². The number of hydrogen-bond acceptors (Lipinski definition) is 3. The molecular weight excluding hydrogens is 262 g/mol. The van der Waals surface area contributed by atoms with Crippen molar-refractivity contribution in [1.82, 2.24) is 5.32 Å². The van der Waals surface area contributed by atoms with E-state index in [1.165, 1.54) is 5.56 Å². The van der Waals surface area contributed by atoms with Crippen molar-refractivity contribution < 1.29 is 9.15 Å². The highest BCUT2D eigenvalue weighted by molar-refractivity contribution is 5.38. The molecule has 3 nitrogen and oxygen atoms in total. The molecule has 0 bridgehead atoms. The van der Waals surface area contributed by atoms with Crippen molar-refractivity contribution in [1.29, 1.82) is 0 Å². The summed E-state index contributed by atoms with van der Waals surface area (Å²) < 4.78 is 11.8. The molecule has 0 aliphatic carbocycles. The summed E-state index contributed by atoms with van der Waals surface area (Å²) in [6.07, 6.45) is 0. The van der Waals surface area contributed by atoms with Crippen molar-refractivity contribution >= 4 is 0 Å². The Morgan fingerprint density at radius 1 is 1.19 bits per heavy atom. The lowest BCUT2D eigenvalue weighted by Crippen LogP contribution is -2.13. The molecule has 0 atom stereocenters. The van der Waals surface area contributed by atoms with Gasteiger partial charge < -0.3 is 14.5 Å². The van der Waals surface area contributed by atoms with Gasteiger partial charge in [0.05, 0.1) is 6.54 Å². The average Bonchev–Trinajstić information content (AvgIpc) is 2.77. The Balaban J connectivity index is 2.12. The van der Waals surface area contributed by atoms with Crippen molar-refractivity contribution in [3.05, 3.63) is 53.0 Å². The molecular formula is C18H25NO2. The summed E-state index contributed by atoms with van der Waals surface area (Å²) in [6.45, 7) is 9.83. The molecule has 1 aromatic carbocycles. The summed E-state index contributed by atoms with van der Waals surface area (Å²) >= 11 is 0. The molecule has 0 saturated heterocycles. The van der Waals surface area contributed by atoms with Crippen molar-refractivity contribution in [2.45, 2.75) is 46.3 Å². The van der Waals surface area contributed by atoms with Crippen molar-refractivity contribution in [3.63, 3.8) is 0 Å². The fourth-order valence-corrected chi connectivity index (χ4v) is 2.36. The fraction of sp³-hybridized carbons (Fsp3) is 0.444. The lowest BCUT2D eigenvalue weighted by atomic mass is 9.86. The largest absolute Gasteiger partial charge is 0.485 e. The minimum atomic E-state index is 0.0625. The second-order valence-corrected chi connectivity index (χ2v) is 6.38. The molecule has 0 unspecified atom stereocenters. The van der Waals surface area contributed by atoms with Gasteiger partial charge in [0.15, 0.2) is 0 Å². The first-order valence-corrected chi connectivity index (χ1v) is 7.37. The van der Waals surface area contributed by atoms with Crippen LogP contribution in [0.3, 0.4) is 0 Å². The van der Waals surface area contributed by atoms with Gasteiger partial charge in [-0.2, -0.15) is 0 Å². The van der Waals surface area contributed by atoms with Gasteiger partial charge in [-0.15, -0.1) is 0 Å². The molecule has 0 aliphatic heterocycles. The first-order chi connectivity index (χ1) is 9.91. The lowest BCUT2D eigenvalue weighted by Gasteiger charge is -2.22. The van der Waals surface area contributed by atoms with Gasteiger partial charge in [0.2, 0.25) is 0 Å². The van der Waals surface area contributed by atoms with Crippen LogP contribution in [0.25, 0.3) is 0 Å². The highest BCUT2D eigenvalue weighted by Crippen LogP contribution is 2.31. The molecule has 1 aromatic heterocycles. The van der Waals surface area contributed by atoms with Crippen LogP contribution in [0.1, 0.15) is 43.4 Å². The number of nitrogens with one attached hydrogen (secondary N) is 1. The second-order valence-electron chi connectivity index (χ2n) is 6.38. The van der Waals surface area contributed by atoms with Crippen molar-refractivity contribution in [2.24, 2.45) is 0 Å². The van der Waals surface area contributed by atoms with Gasteiger partial charge in [0, 0.05) is 0 Å². The minimum Gasteiger partial charge on any atom is -0.485 e. The van der Waals surface area contributed by atoms with E-state index in [2.05, 4.69) is 45.1 Å². The normalized spacial score (nSPS) is 11.7. The van der Waals surface area contributed by atoms with E-state index in [0.717, 1.165) is 29.4 Å². The molecule has 0 amide bonds. The third-order valence-electron chi connectivity index (χ3n) is 3.47. The highest BCUT2D eigenvalue weighted by atomic mass is 16.5. The molecule has 2 rings (SSSR count). The predicted octanol–water partition coefficient (Wildman–Crippen LogP) is 4.18. The Kier molecular flexibility index (Phi) is 4.73. The fourth-order valence-electron chi connectivity index (χ4n) is 2.36. The van der Waals surface area contributed by atoms with Gasteiger partial charge in [-0.05, 0) is 42.6 Å². The van der Waals surface area contributed by atoms with Crippen LogP contribution in [0.15, 0.2) is 34.7 Å². The van der Waals surface area contributed by atoms with Crippen LogP contribution in [0.5, 0.6) is 5.75 Å². The van der Waals surface area contributed by atoms with E-state index in [1.54, 1.807) is 0 Å². The summed E-state index contributed by atoms with van der Waals surface area (Å²) in [5, 5.41) is 3.11. The topological polar surface area (TPSA) is 34.4 Å². The molecule has 114 valence electrons. The Hall–Kier alpha value is -1.74. The standard InChI is InChI=1S/C18H25NO2/c1-13-10-14(21-17(13)11-19-5)12-20-16-9-7-6-8-15(16)18(2,3)4/h6-10,19H,11-12H2,1-5H3. The van der Waals surface area contributed by atoms with Gasteiger partial charge in [0.25, 0.3) is 0 Å². The maximum absolute atomic E-state index is 5.98. The highest BCUT2D eigenvalue weighted by Gasteiger charge is 2.18. The summed E-state index contributed by atoms with van der Waals surface area (Å²) in [7, 11) is 1.91. The molecule has 0 spiro atoms. The van der Waals surface area contributed by atoms with Crippen molar-refractivity contribution in [3.8, 4) is 5.75 Å². The zero-order valence-corrected chi connectivity index (χ0v) is 13.6. The monoisotopic (exact) mass is 287 g/mol. The summed E-state index contributed by atoms with van der Waals surface area (Å²) in [6, 6.07) is 10.2. The summed E-state index contributed by atoms with van der Waals surface area (Å²) in [5.41, 5.74) is 2.43. The van der Waals surface area contributed by atoms with Crippen LogP contribution in [-0.2, 0) is 18.6 Å². The van der Waals surface area contributed by atoms with Crippen LogP contribution < -0.4 is 10.1 Å². The van der Waals surface area contributed by atoms with E-state index in [1.807, 2.05) is 25.2 Å². The molecule has 0 aliphatic rings. The molecule has 0 saturated carbocycles. The quantitative estimate of drug-likeness (QED) is 0.895. The Bertz CT molecular complexity index is 594. The zero-order chi connectivity index (χ0) is 15.5. The third kappa shape index (κ3) is 3.88. The lowest BCUT2D eigenvalue weighted by molar-refractivity contribution is 0.259. The zero-order valence-electron chi connectivity index (χ0n) is 13.6. The van der Waals surface area contributed by atoms with Crippen LogP contribution in [0, 0.1) is 6.92 Å². The average molecular weight is 287 g/mol. The Labute approximate surface area is 127 Å². The number of aryl methyl sites for hydroxylation is 1. The number of furan rings is 1. The van der Waals surface area contributed by atoms with Crippen LogP contribution in [0.4, 0.5) is 0 Å². The maximum atomic E-state index is 5.98. The van der Waals surface area contributed by atoms with Gasteiger partial charge in [-0.3, -0.25) is 0 Å². The van der Waals surface area contributed by atoms with Gasteiger partial charge in [-0.25, -0.2) is 0 Å². The number of hydrogen-bond donors (Lipinski definition) is 1. The molecule has 1 heterocycles.